The van der Waals surface area contributed by atoms with Crippen LogP contribution in [0, 0.1) is 35.5 Å². The Labute approximate surface area is 509 Å². The number of hydrogen-bond donors (Lipinski definition) is 10. The van der Waals surface area contributed by atoms with E-state index in [1.807, 2.05) is 116 Å². The van der Waals surface area contributed by atoms with Crippen LogP contribution in [0.15, 0.2) is 60.7 Å². The largest absolute Gasteiger partial charge is 0.353 e. The molecule has 0 spiro atoms. The van der Waals surface area contributed by atoms with Crippen molar-refractivity contribution in [3.05, 3.63) is 71.8 Å². The molecule has 3 aliphatic heterocycles. The number of carbonyl (C=O) groups excluding carboxylic acids is 10. The van der Waals surface area contributed by atoms with Crippen molar-refractivity contribution in [1.29, 1.82) is 0 Å². The highest BCUT2D eigenvalue weighted by Gasteiger charge is 2.41. The Bertz CT molecular complexity index is 2390. The maximum absolute atomic E-state index is 14.8. The molecule has 2 aromatic carbocycles. The Morgan fingerprint density at radius 1 is 0.453 bits per heavy atom. The molecular weight excluding hydrogens is 1100 g/mol. The lowest BCUT2D eigenvalue weighted by Crippen LogP contribution is -2.57. The van der Waals surface area contributed by atoms with Crippen molar-refractivity contribution in [1.82, 2.24) is 52.3 Å². The minimum Gasteiger partial charge on any atom is -0.353 e. The second kappa shape index (κ2) is 35.0. The van der Waals surface area contributed by atoms with Crippen LogP contribution in [0.3, 0.4) is 0 Å². The van der Waals surface area contributed by atoms with E-state index in [-0.39, 0.29) is 101 Å². The molecule has 0 saturated carbocycles. The second-order valence-corrected chi connectivity index (χ2v) is 25.3. The first kappa shape index (κ1) is 69.8. The minimum atomic E-state index is -1.10. The van der Waals surface area contributed by atoms with Gasteiger partial charge in [-0.2, -0.15) is 0 Å². The van der Waals surface area contributed by atoms with E-state index in [0.717, 1.165) is 11.1 Å². The van der Waals surface area contributed by atoms with Gasteiger partial charge in [0.2, 0.25) is 59.1 Å². The summed E-state index contributed by atoms with van der Waals surface area (Å²) in [5, 5.41) is 23.6. The van der Waals surface area contributed by atoms with E-state index in [2.05, 4.69) is 42.5 Å². The third-order valence-electron chi connectivity index (χ3n) is 16.5. The van der Waals surface area contributed by atoms with Crippen molar-refractivity contribution in [3.63, 3.8) is 0 Å². The van der Waals surface area contributed by atoms with Gasteiger partial charge in [-0.3, -0.25) is 47.9 Å². The Morgan fingerprint density at radius 2 is 0.814 bits per heavy atom. The minimum absolute atomic E-state index is 0.0101. The summed E-state index contributed by atoms with van der Waals surface area (Å²) in [6, 6.07) is 10.7. The second-order valence-electron chi connectivity index (χ2n) is 25.3. The number of nitrogens with zero attached hydrogens (tertiary/aromatic N) is 2. The van der Waals surface area contributed by atoms with Crippen LogP contribution < -0.4 is 54.0 Å². The predicted molar refractivity (Wildman–Crippen MR) is 329 cm³/mol. The lowest BCUT2D eigenvalue weighted by Gasteiger charge is -2.31. The van der Waals surface area contributed by atoms with Gasteiger partial charge in [-0.1, -0.05) is 116 Å². The Balaban J connectivity index is 1.51. The lowest BCUT2D eigenvalue weighted by molar-refractivity contribution is -0.142. The molecule has 476 valence electrons. The first-order valence-electron chi connectivity index (χ1n) is 31.4. The molecule has 5 rings (SSSR count). The standard InChI is InChI=1S/C64H100N12O10/c1-39(2)31-45-35-55(77)71-51(33-43-19-11-9-12-20-43)63(85)75-29-17-25-53(75)61(83)68-38-48(42(7)8)58(80)74-50(24-16-28-66)60(82)70-46(32-40(3)4)36-56(78)72-52(34-44-21-13-10-14-22-44)64(86)76-30-18-26-54(76)62(84)67-37-47(41(5)6)57(79)73-49(23-15-27-65)59(81)69-45/h9-14,19-22,39-42,45-54H,15-18,23-38,65-66H2,1-8H3,(H,67,84)(H,68,83)(H,69,81)(H,70,82)(H,71,77)(H,72,78)(H,73,79)(H,74,80)/t45-,46-,47-,48-,49-,50-,51+,52+,53-,54-/m0/s1. The molecular formula is C64H100N12O10. The highest BCUT2D eigenvalue weighted by molar-refractivity contribution is 5.95. The third kappa shape index (κ3) is 21.8. The molecule has 2 aromatic rings. The monoisotopic (exact) mass is 1200 g/mol. The fourth-order valence-electron chi connectivity index (χ4n) is 11.8. The topological polar surface area (TPSA) is 325 Å². The third-order valence-corrected chi connectivity index (χ3v) is 16.5. The van der Waals surface area contributed by atoms with Gasteiger partial charge in [0.15, 0.2) is 0 Å². The van der Waals surface area contributed by atoms with Crippen molar-refractivity contribution in [2.75, 3.05) is 39.3 Å². The van der Waals surface area contributed by atoms with Crippen LogP contribution in [0.2, 0.25) is 0 Å². The normalized spacial score (nSPS) is 26.4. The van der Waals surface area contributed by atoms with E-state index in [1.165, 1.54) is 9.80 Å². The molecule has 3 fully saturated rings. The molecule has 0 aliphatic carbocycles. The number of carbonyl (C=O) groups is 10. The van der Waals surface area contributed by atoms with Gasteiger partial charge in [0.1, 0.15) is 36.3 Å². The Kier molecular flexibility index (Phi) is 28.4. The first-order valence-corrected chi connectivity index (χ1v) is 31.4. The van der Waals surface area contributed by atoms with Crippen LogP contribution in [0.4, 0.5) is 0 Å². The van der Waals surface area contributed by atoms with Crippen molar-refractivity contribution in [2.45, 2.75) is 194 Å². The SMILES string of the molecule is CC(C)C[C@H]1CC(=O)N[C@H](Cc2ccccc2)C(=O)N2CCC[C@H]2C(=O)NC[C@@H](C(C)C)C(=O)N[C@@H](CCCN)C(=O)N[C@@H](CC(C)C)CC(=O)N[C@H](Cc2ccccc2)C(=O)N2CCC[C@H]2C(=O)NC[C@@H](C(C)C)C(=O)N[C@@H](CCCN)C(=O)N1. The van der Waals surface area contributed by atoms with Gasteiger partial charge < -0.3 is 63.8 Å². The number of rotatable bonds is 16. The number of hydrogen-bond acceptors (Lipinski definition) is 12. The number of nitrogens with two attached hydrogens (primary N) is 2. The zero-order valence-electron chi connectivity index (χ0n) is 52.1. The zero-order chi connectivity index (χ0) is 63.0. The number of benzene rings is 2. The lowest BCUT2D eigenvalue weighted by atomic mass is 9.93. The van der Waals surface area contributed by atoms with Gasteiger partial charge in [0, 0.05) is 63.9 Å². The molecule has 3 aliphatic rings. The van der Waals surface area contributed by atoms with E-state index in [9.17, 15) is 47.9 Å². The van der Waals surface area contributed by atoms with E-state index in [0.29, 0.717) is 51.4 Å². The maximum Gasteiger partial charge on any atom is 0.246 e. The number of nitrogens with one attached hydrogen (secondary N) is 8. The van der Waals surface area contributed by atoms with Crippen molar-refractivity contribution >= 4 is 59.1 Å². The Hall–Kier alpha value is -6.94. The number of amides is 10. The maximum atomic E-state index is 14.8. The molecule has 10 atom stereocenters. The molecule has 0 radical (unpaired) electrons. The molecule has 0 aromatic heterocycles. The zero-order valence-corrected chi connectivity index (χ0v) is 52.1. The van der Waals surface area contributed by atoms with E-state index in [4.69, 9.17) is 11.5 Å². The molecule has 12 N–H and O–H groups in total. The summed E-state index contributed by atoms with van der Waals surface area (Å²) in [5.74, 6) is -7.19. The van der Waals surface area contributed by atoms with Gasteiger partial charge in [-0.15, -0.1) is 0 Å². The fourth-order valence-corrected chi connectivity index (χ4v) is 11.8. The van der Waals surface area contributed by atoms with Crippen molar-refractivity contribution in [2.24, 2.45) is 47.0 Å². The summed E-state index contributed by atoms with van der Waals surface area (Å²) in [5.41, 5.74) is 13.4. The summed E-state index contributed by atoms with van der Waals surface area (Å²) in [4.78, 5) is 147. The average molecular weight is 1200 g/mol. The molecule has 3 heterocycles. The molecule has 22 nitrogen and oxygen atoms in total. The first-order chi connectivity index (χ1) is 41.0. The predicted octanol–water partition coefficient (Wildman–Crippen LogP) is 2.50. The smallest absolute Gasteiger partial charge is 0.246 e. The van der Waals surface area contributed by atoms with Crippen LogP contribution in [0.5, 0.6) is 0 Å². The van der Waals surface area contributed by atoms with Gasteiger partial charge in [-0.25, -0.2) is 0 Å². The highest BCUT2D eigenvalue weighted by atomic mass is 16.2. The summed E-state index contributed by atoms with van der Waals surface area (Å²) in [6.45, 7) is 15.8. The summed E-state index contributed by atoms with van der Waals surface area (Å²) in [6.07, 6.45) is 3.32. The molecule has 86 heavy (non-hydrogen) atoms. The summed E-state index contributed by atoms with van der Waals surface area (Å²) < 4.78 is 0. The quantitative estimate of drug-likeness (QED) is 0.116. The van der Waals surface area contributed by atoms with Crippen molar-refractivity contribution < 1.29 is 47.9 Å². The van der Waals surface area contributed by atoms with Crippen LogP contribution in [-0.2, 0) is 60.8 Å². The summed E-state index contributed by atoms with van der Waals surface area (Å²) >= 11 is 0. The van der Waals surface area contributed by atoms with Crippen molar-refractivity contribution in [3.8, 4) is 0 Å². The summed E-state index contributed by atoms with van der Waals surface area (Å²) in [7, 11) is 0. The van der Waals surface area contributed by atoms with Crippen LogP contribution in [0.1, 0.15) is 144 Å². The fraction of sp³-hybridized carbons (Fsp3) is 0.656. The molecule has 22 heteroatoms. The van der Waals surface area contributed by atoms with Crippen LogP contribution in [-0.4, -0.2) is 156 Å². The van der Waals surface area contributed by atoms with Crippen LogP contribution in [0.25, 0.3) is 0 Å². The Morgan fingerprint density at radius 3 is 1.14 bits per heavy atom. The average Bonchev–Trinajstić information content (AvgIpc) is 2.83. The van der Waals surface area contributed by atoms with Gasteiger partial charge in [-0.05, 0) is 112 Å². The molecule has 0 unspecified atom stereocenters. The van der Waals surface area contributed by atoms with Crippen LogP contribution >= 0.6 is 0 Å². The van der Waals surface area contributed by atoms with E-state index >= 15 is 0 Å². The number of fused-ring (bicyclic) bond motifs is 2. The molecule has 3 saturated heterocycles. The van der Waals surface area contributed by atoms with Gasteiger partial charge in [0.05, 0.1) is 11.8 Å². The molecule has 0 bridgehead atoms. The highest BCUT2D eigenvalue weighted by Crippen LogP contribution is 2.24. The van der Waals surface area contributed by atoms with E-state index < -0.39 is 119 Å². The van der Waals surface area contributed by atoms with Gasteiger partial charge in [0.25, 0.3) is 0 Å². The molecule has 10 amide bonds. The van der Waals surface area contributed by atoms with Gasteiger partial charge >= 0.3 is 0 Å². The van der Waals surface area contributed by atoms with E-state index in [1.54, 1.807) is 0 Å².